The van der Waals surface area contributed by atoms with E-state index in [4.69, 9.17) is 5.11 Å². The fourth-order valence-electron chi connectivity index (χ4n) is 1.80. The normalized spacial score (nSPS) is 12.3. The highest BCUT2D eigenvalue weighted by atomic mass is 19.4. The van der Waals surface area contributed by atoms with Gasteiger partial charge >= 0.3 is 12.5 Å². The summed E-state index contributed by atoms with van der Waals surface area (Å²) >= 11 is 0. The number of ether oxygens (including phenoxy) is 1. The summed E-state index contributed by atoms with van der Waals surface area (Å²) < 4.78 is 78.1. The van der Waals surface area contributed by atoms with E-state index in [1.807, 2.05) is 0 Å². The van der Waals surface area contributed by atoms with Crippen molar-refractivity contribution in [2.75, 3.05) is 0 Å². The third-order valence-electron chi connectivity index (χ3n) is 2.74. The van der Waals surface area contributed by atoms with Crippen molar-refractivity contribution in [1.82, 2.24) is 4.98 Å². The van der Waals surface area contributed by atoms with Gasteiger partial charge in [-0.2, -0.15) is 13.2 Å². The molecule has 0 spiro atoms. The van der Waals surface area contributed by atoms with E-state index in [0.29, 0.717) is 6.07 Å². The second-order valence-corrected chi connectivity index (χ2v) is 4.47. The summed E-state index contributed by atoms with van der Waals surface area (Å²) in [5.41, 5.74) is -1.18. The lowest BCUT2D eigenvalue weighted by molar-refractivity contribution is -0.274. The molecule has 1 aromatic heterocycles. The van der Waals surface area contributed by atoms with Crippen LogP contribution in [-0.2, 0) is 12.8 Å². The maximum atomic E-state index is 12.8. The van der Waals surface area contributed by atoms with Crippen LogP contribution in [0.2, 0.25) is 0 Å². The number of alkyl halides is 6. The summed E-state index contributed by atoms with van der Waals surface area (Å²) in [6.07, 6.45) is -9.57. The zero-order chi connectivity index (χ0) is 17.3. The molecule has 0 radical (unpaired) electrons. The lowest BCUT2D eigenvalue weighted by Crippen LogP contribution is -2.16. The van der Waals surface area contributed by atoms with Crippen molar-refractivity contribution in [1.29, 1.82) is 0 Å². The van der Waals surface area contributed by atoms with E-state index in [0.717, 1.165) is 24.3 Å². The van der Waals surface area contributed by atoms with Gasteiger partial charge in [-0.15, -0.1) is 13.2 Å². The summed E-state index contributed by atoms with van der Waals surface area (Å²) in [5, 5.41) is 9.03. The van der Waals surface area contributed by atoms with Gasteiger partial charge in [0, 0.05) is 5.56 Å². The maximum absolute atomic E-state index is 12.8. The highest BCUT2D eigenvalue weighted by Gasteiger charge is 2.33. The first-order chi connectivity index (χ1) is 10.6. The summed E-state index contributed by atoms with van der Waals surface area (Å²) in [6.45, 7) is -0.631. The molecule has 2 aromatic rings. The minimum Gasteiger partial charge on any atom is -0.406 e. The molecule has 0 saturated heterocycles. The van der Waals surface area contributed by atoms with Crippen LogP contribution >= 0.6 is 0 Å². The Morgan fingerprint density at radius 2 is 1.57 bits per heavy atom. The zero-order valence-electron chi connectivity index (χ0n) is 11.2. The number of hydrogen-bond acceptors (Lipinski definition) is 3. The van der Waals surface area contributed by atoms with Gasteiger partial charge in [-0.25, -0.2) is 4.98 Å². The molecule has 1 aromatic carbocycles. The number of aromatic nitrogens is 1. The minimum absolute atomic E-state index is 0.0158. The monoisotopic (exact) mass is 337 g/mol. The van der Waals surface area contributed by atoms with Crippen LogP contribution < -0.4 is 4.74 Å². The van der Waals surface area contributed by atoms with Gasteiger partial charge in [0.2, 0.25) is 0 Å². The van der Waals surface area contributed by atoms with Gasteiger partial charge in [0.05, 0.1) is 12.3 Å². The van der Waals surface area contributed by atoms with E-state index < -0.39 is 30.6 Å². The molecule has 3 nitrogen and oxygen atoms in total. The standard InChI is InChI=1S/C14H9F6NO2/c15-13(16,17)12-6-8(7-22)5-11(21-12)9-1-3-10(4-2-9)23-14(18,19)20/h1-6,22H,7H2. The average molecular weight is 337 g/mol. The van der Waals surface area contributed by atoms with Crippen molar-refractivity contribution in [3.8, 4) is 17.0 Å². The summed E-state index contributed by atoms with van der Waals surface area (Å²) in [5.74, 6) is -0.504. The molecule has 0 unspecified atom stereocenters. The Morgan fingerprint density at radius 1 is 0.957 bits per heavy atom. The molecule has 9 heteroatoms. The van der Waals surface area contributed by atoms with Gasteiger partial charge < -0.3 is 9.84 Å². The molecule has 0 saturated carbocycles. The number of pyridine rings is 1. The number of nitrogens with zero attached hydrogens (tertiary/aromatic N) is 1. The third kappa shape index (κ3) is 4.59. The van der Waals surface area contributed by atoms with Crippen molar-refractivity contribution in [2.45, 2.75) is 19.1 Å². The third-order valence-corrected chi connectivity index (χ3v) is 2.74. The molecule has 23 heavy (non-hydrogen) atoms. The Kier molecular flexibility index (Phi) is 4.51. The van der Waals surface area contributed by atoms with E-state index in [2.05, 4.69) is 9.72 Å². The first-order valence-electron chi connectivity index (χ1n) is 6.14. The second kappa shape index (κ2) is 6.07. The van der Waals surface area contributed by atoms with Gasteiger partial charge in [0.15, 0.2) is 0 Å². The van der Waals surface area contributed by atoms with Crippen molar-refractivity contribution in [2.24, 2.45) is 0 Å². The Bertz CT molecular complexity index is 679. The van der Waals surface area contributed by atoms with Crippen molar-refractivity contribution in [3.05, 3.63) is 47.7 Å². The summed E-state index contributed by atoms with van der Waals surface area (Å²) in [7, 11) is 0. The fourth-order valence-corrected chi connectivity index (χ4v) is 1.80. The average Bonchev–Trinajstić information content (AvgIpc) is 2.45. The van der Waals surface area contributed by atoms with Crippen LogP contribution in [0.25, 0.3) is 11.3 Å². The highest BCUT2D eigenvalue weighted by Crippen LogP contribution is 2.31. The first kappa shape index (κ1) is 17.1. The number of rotatable bonds is 3. The molecule has 0 atom stereocenters. The number of benzene rings is 1. The quantitative estimate of drug-likeness (QED) is 0.856. The second-order valence-electron chi connectivity index (χ2n) is 4.47. The van der Waals surface area contributed by atoms with E-state index in [-0.39, 0.29) is 16.8 Å². The number of hydrogen-bond donors (Lipinski definition) is 1. The van der Waals surface area contributed by atoms with E-state index in [9.17, 15) is 26.3 Å². The number of aliphatic hydroxyl groups is 1. The zero-order valence-corrected chi connectivity index (χ0v) is 11.2. The molecule has 1 heterocycles. The predicted molar refractivity (Wildman–Crippen MR) is 67.3 cm³/mol. The highest BCUT2D eigenvalue weighted by molar-refractivity contribution is 5.61. The van der Waals surface area contributed by atoms with E-state index in [1.165, 1.54) is 6.07 Å². The van der Waals surface area contributed by atoms with Gasteiger partial charge in [0.25, 0.3) is 0 Å². The topological polar surface area (TPSA) is 42.4 Å². The van der Waals surface area contributed by atoms with Crippen LogP contribution in [0.3, 0.4) is 0 Å². The Labute approximate surface area is 126 Å². The molecule has 0 aliphatic carbocycles. The van der Waals surface area contributed by atoms with Crippen LogP contribution in [0.1, 0.15) is 11.3 Å². The van der Waals surface area contributed by atoms with Crippen molar-refractivity contribution in [3.63, 3.8) is 0 Å². The fraction of sp³-hybridized carbons (Fsp3) is 0.214. The molecule has 0 fully saturated rings. The van der Waals surface area contributed by atoms with Gasteiger partial charge in [-0.1, -0.05) is 0 Å². The van der Waals surface area contributed by atoms with Crippen LogP contribution in [-0.4, -0.2) is 16.5 Å². The van der Waals surface area contributed by atoms with E-state index in [1.54, 1.807) is 0 Å². The Balaban J connectivity index is 2.38. The first-order valence-corrected chi connectivity index (χ1v) is 6.14. The van der Waals surface area contributed by atoms with Crippen LogP contribution in [0.5, 0.6) is 5.75 Å². The van der Waals surface area contributed by atoms with E-state index >= 15 is 0 Å². The summed E-state index contributed by atoms with van der Waals surface area (Å²) in [6, 6.07) is 6.13. The molecule has 2 rings (SSSR count). The number of aliphatic hydroxyl groups excluding tert-OH is 1. The lowest BCUT2D eigenvalue weighted by Gasteiger charge is -2.12. The Hall–Kier alpha value is -2.29. The smallest absolute Gasteiger partial charge is 0.406 e. The van der Waals surface area contributed by atoms with Gasteiger partial charge in [-0.3, -0.25) is 0 Å². The predicted octanol–water partition coefficient (Wildman–Crippen LogP) is 4.16. The molecule has 0 amide bonds. The summed E-state index contributed by atoms with van der Waals surface area (Å²) in [4.78, 5) is 3.43. The van der Waals surface area contributed by atoms with Crippen LogP contribution in [0.15, 0.2) is 36.4 Å². The largest absolute Gasteiger partial charge is 0.573 e. The van der Waals surface area contributed by atoms with Crippen molar-refractivity contribution >= 4 is 0 Å². The molecule has 1 N–H and O–H groups in total. The molecule has 124 valence electrons. The van der Waals surface area contributed by atoms with Crippen LogP contribution in [0.4, 0.5) is 26.3 Å². The van der Waals surface area contributed by atoms with Gasteiger partial charge in [0.1, 0.15) is 11.4 Å². The van der Waals surface area contributed by atoms with Gasteiger partial charge in [-0.05, 0) is 42.0 Å². The molecular weight excluding hydrogens is 328 g/mol. The molecule has 0 aliphatic heterocycles. The molecular formula is C14H9F6NO2. The number of halogens is 6. The minimum atomic E-state index is -4.86. The molecule has 0 aliphatic rings. The Morgan fingerprint density at radius 3 is 2.04 bits per heavy atom. The van der Waals surface area contributed by atoms with Crippen LogP contribution in [0, 0.1) is 0 Å². The molecule has 0 bridgehead atoms. The lowest BCUT2D eigenvalue weighted by atomic mass is 10.1. The maximum Gasteiger partial charge on any atom is 0.573 e. The SMILES string of the molecule is OCc1cc(-c2ccc(OC(F)(F)F)cc2)nc(C(F)(F)F)c1. The van der Waals surface area contributed by atoms with Crippen molar-refractivity contribution < 1.29 is 36.2 Å².